The van der Waals surface area contributed by atoms with E-state index in [2.05, 4.69) is 26.1 Å². The minimum Gasteiger partial charge on any atom is -0.379 e. The molecule has 2 aromatic rings. The summed E-state index contributed by atoms with van der Waals surface area (Å²) in [6.07, 6.45) is -4.54. The Kier molecular flexibility index (Phi) is 4.77. The van der Waals surface area contributed by atoms with Crippen LogP contribution in [0.5, 0.6) is 0 Å². The van der Waals surface area contributed by atoms with Gasteiger partial charge in [0.05, 0.1) is 12.1 Å². The van der Waals surface area contributed by atoms with Gasteiger partial charge in [-0.05, 0) is 36.8 Å². The number of nitrogens with zero attached hydrogens (tertiary/aromatic N) is 1. The molecule has 0 radical (unpaired) electrons. The molecule has 1 N–H and O–H groups in total. The summed E-state index contributed by atoms with van der Waals surface area (Å²) in [5, 5.41) is 3.02. The van der Waals surface area contributed by atoms with Gasteiger partial charge in [0.15, 0.2) is 5.69 Å². The minimum atomic E-state index is -4.54. The Morgan fingerprint density at radius 3 is 2.32 bits per heavy atom. The molecule has 6 heteroatoms. The summed E-state index contributed by atoms with van der Waals surface area (Å²) in [5.74, 6) is 0. The Morgan fingerprint density at radius 1 is 1.14 bits per heavy atom. The lowest BCUT2D eigenvalue weighted by molar-refractivity contribution is -0.136. The number of hydrogen-bond acceptors (Lipinski definition) is 1. The molecule has 0 aliphatic heterocycles. The molecule has 0 saturated heterocycles. The van der Waals surface area contributed by atoms with Crippen LogP contribution in [0.2, 0.25) is 0 Å². The van der Waals surface area contributed by atoms with E-state index >= 15 is 0 Å². The molecule has 0 unspecified atom stereocenters. The number of anilines is 1. The lowest BCUT2D eigenvalue weighted by Crippen LogP contribution is -2.09. The summed E-state index contributed by atoms with van der Waals surface area (Å²) in [6, 6.07) is 11.0. The van der Waals surface area contributed by atoms with Gasteiger partial charge in [0.2, 0.25) is 0 Å². The van der Waals surface area contributed by atoms with Crippen molar-refractivity contribution < 1.29 is 13.2 Å². The average Bonchev–Trinajstić information content (AvgIpc) is 2.47. The zero-order chi connectivity index (χ0) is 16.3. The van der Waals surface area contributed by atoms with E-state index in [-0.39, 0.29) is 6.04 Å². The predicted octanol–water partition coefficient (Wildman–Crippen LogP) is 6.19. The van der Waals surface area contributed by atoms with Crippen molar-refractivity contribution in [3.63, 3.8) is 0 Å². The van der Waals surface area contributed by atoms with Gasteiger partial charge in [-0.25, -0.2) is 4.85 Å². The van der Waals surface area contributed by atoms with Gasteiger partial charge >= 0.3 is 6.18 Å². The van der Waals surface area contributed by atoms with Crippen LogP contribution in [0.25, 0.3) is 4.85 Å². The van der Waals surface area contributed by atoms with Gasteiger partial charge in [-0.3, -0.25) is 0 Å². The molecule has 2 rings (SSSR count). The van der Waals surface area contributed by atoms with Crippen LogP contribution in [0.15, 0.2) is 46.9 Å². The van der Waals surface area contributed by atoms with E-state index < -0.39 is 17.4 Å². The van der Waals surface area contributed by atoms with E-state index in [0.29, 0.717) is 5.69 Å². The van der Waals surface area contributed by atoms with Crippen molar-refractivity contribution in [3.8, 4) is 0 Å². The number of nitrogens with one attached hydrogen (secondary N) is 1. The van der Waals surface area contributed by atoms with Gasteiger partial charge in [0, 0.05) is 16.2 Å². The fraction of sp³-hybridized carbons (Fsp3) is 0.188. The summed E-state index contributed by atoms with van der Waals surface area (Å²) in [6.45, 7) is 8.69. The van der Waals surface area contributed by atoms with Gasteiger partial charge in [-0.15, -0.1) is 0 Å². The third-order valence-electron chi connectivity index (χ3n) is 3.18. The third kappa shape index (κ3) is 3.80. The molecule has 0 aromatic heterocycles. The number of halogens is 4. The molecule has 0 aliphatic rings. The number of benzene rings is 2. The molecule has 2 nitrogen and oxygen atoms in total. The Bertz CT molecular complexity index is 703. The zero-order valence-corrected chi connectivity index (χ0v) is 13.2. The fourth-order valence-electron chi connectivity index (χ4n) is 2.04. The van der Waals surface area contributed by atoms with Gasteiger partial charge in [-0.2, -0.15) is 13.2 Å². The van der Waals surface area contributed by atoms with E-state index in [1.165, 1.54) is 12.1 Å². The van der Waals surface area contributed by atoms with Crippen molar-refractivity contribution in [1.82, 2.24) is 0 Å². The van der Waals surface area contributed by atoms with Crippen LogP contribution in [0.4, 0.5) is 24.5 Å². The maximum Gasteiger partial charge on any atom is 0.407 e. The first-order chi connectivity index (χ1) is 10.3. The summed E-state index contributed by atoms with van der Waals surface area (Å²) in [5.41, 5.74) is -0.0361. The quantitative estimate of drug-likeness (QED) is 0.638. The summed E-state index contributed by atoms with van der Waals surface area (Å²) >= 11 is 3.34. The molecule has 0 spiro atoms. The highest BCUT2D eigenvalue weighted by Crippen LogP contribution is 2.38. The summed E-state index contributed by atoms with van der Waals surface area (Å²) < 4.78 is 39.8. The maximum absolute atomic E-state index is 12.9. The van der Waals surface area contributed by atoms with Crippen LogP contribution in [0.3, 0.4) is 0 Å². The lowest BCUT2D eigenvalue weighted by Gasteiger charge is -2.18. The van der Waals surface area contributed by atoms with E-state index in [9.17, 15) is 13.2 Å². The van der Waals surface area contributed by atoms with Crippen molar-refractivity contribution in [3.05, 3.63) is 69.5 Å². The molecule has 0 aliphatic carbocycles. The number of rotatable bonds is 3. The van der Waals surface area contributed by atoms with Crippen molar-refractivity contribution in [2.45, 2.75) is 19.1 Å². The zero-order valence-electron chi connectivity index (χ0n) is 11.6. The Balaban J connectivity index is 2.27. The molecule has 0 saturated carbocycles. The summed E-state index contributed by atoms with van der Waals surface area (Å²) in [7, 11) is 0. The Morgan fingerprint density at radius 2 is 1.77 bits per heavy atom. The highest BCUT2D eigenvalue weighted by molar-refractivity contribution is 9.10. The molecule has 1 atom stereocenters. The van der Waals surface area contributed by atoms with E-state index in [1.54, 1.807) is 0 Å². The van der Waals surface area contributed by atoms with E-state index in [1.807, 2.05) is 31.2 Å². The molecule has 0 heterocycles. The van der Waals surface area contributed by atoms with Crippen molar-refractivity contribution in [2.24, 2.45) is 0 Å². The molecule has 0 amide bonds. The standard InChI is InChI=1S/C16H12BrF3N2/c1-10(11-3-5-12(17)6-4-11)22-13-7-8-15(21-2)14(9-13)16(18,19)20/h3-10,22H,1H3/t10-/m1/s1. The normalized spacial score (nSPS) is 12.5. The van der Waals surface area contributed by atoms with Gasteiger partial charge in [-0.1, -0.05) is 34.1 Å². The SMILES string of the molecule is [C-]#[N+]c1ccc(N[C@H](C)c2ccc(Br)cc2)cc1C(F)(F)F. The highest BCUT2D eigenvalue weighted by Gasteiger charge is 2.33. The minimum absolute atomic E-state index is 0.159. The molecular weight excluding hydrogens is 357 g/mol. The smallest absolute Gasteiger partial charge is 0.379 e. The summed E-state index contributed by atoms with van der Waals surface area (Å²) in [4.78, 5) is 2.92. The molecule has 114 valence electrons. The van der Waals surface area contributed by atoms with Crippen molar-refractivity contribution in [2.75, 3.05) is 5.32 Å². The molecule has 0 fully saturated rings. The van der Waals surface area contributed by atoms with Crippen LogP contribution in [0, 0.1) is 6.57 Å². The third-order valence-corrected chi connectivity index (χ3v) is 3.70. The van der Waals surface area contributed by atoms with Crippen LogP contribution >= 0.6 is 15.9 Å². The van der Waals surface area contributed by atoms with Gasteiger partial charge in [0.25, 0.3) is 0 Å². The first-order valence-electron chi connectivity index (χ1n) is 6.42. The topological polar surface area (TPSA) is 16.4 Å². The second kappa shape index (κ2) is 6.41. The number of alkyl halides is 3. The number of hydrogen-bond donors (Lipinski definition) is 1. The Labute approximate surface area is 134 Å². The van der Waals surface area contributed by atoms with Gasteiger partial charge < -0.3 is 5.32 Å². The van der Waals surface area contributed by atoms with Crippen molar-refractivity contribution in [1.29, 1.82) is 0 Å². The predicted molar refractivity (Wildman–Crippen MR) is 83.9 cm³/mol. The monoisotopic (exact) mass is 368 g/mol. The van der Waals surface area contributed by atoms with Crippen LogP contribution < -0.4 is 5.32 Å². The van der Waals surface area contributed by atoms with Crippen LogP contribution in [-0.2, 0) is 6.18 Å². The average molecular weight is 369 g/mol. The fourth-order valence-corrected chi connectivity index (χ4v) is 2.30. The van der Waals surface area contributed by atoms with E-state index in [0.717, 1.165) is 16.1 Å². The van der Waals surface area contributed by atoms with Gasteiger partial charge in [0.1, 0.15) is 0 Å². The first-order valence-corrected chi connectivity index (χ1v) is 7.21. The molecule has 2 aromatic carbocycles. The Hall–Kier alpha value is -2.00. The molecule has 0 bridgehead atoms. The van der Waals surface area contributed by atoms with Crippen molar-refractivity contribution >= 4 is 27.3 Å². The largest absolute Gasteiger partial charge is 0.407 e. The second-order valence-corrected chi connectivity index (χ2v) is 5.67. The van der Waals surface area contributed by atoms with Crippen LogP contribution in [-0.4, -0.2) is 0 Å². The molecular formula is C16H12BrF3N2. The second-order valence-electron chi connectivity index (χ2n) is 4.76. The van der Waals surface area contributed by atoms with E-state index in [4.69, 9.17) is 6.57 Å². The first kappa shape index (κ1) is 16.4. The lowest BCUT2D eigenvalue weighted by atomic mass is 10.1. The maximum atomic E-state index is 12.9. The highest BCUT2D eigenvalue weighted by atomic mass is 79.9. The van der Waals surface area contributed by atoms with Crippen LogP contribution in [0.1, 0.15) is 24.1 Å². The molecule has 22 heavy (non-hydrogen) atoms.